The molecule has 1 aliphatic carbocycles. The summed E-state index contributed by atoms with van der Waals surface area (Å²) in [5.74, 6) is -6.27. The summed E-state index contributed by atoms with van der Waals surface area (Å²) < 4.78 is 44.8. The molecule has 1 aliphatic rings. The number of halogens is 4. The van der Waals surface area contributed by atoms with Crippen LogP contribution in [0.25, 0.3) is 11.1 Å². The van der Waals surface area contributed by atoms with Crippen LogP contribution in [0.4, 0.5) is 13.2 Å². The van der Waals surface area contributed by atoms with Crippen LogP contribution in [0.15, 0.2) is 36.4 Å². The van der Waals surface area contributed by atoms with Gasteiger partial charge in [0.2, 0.25) is 5.78 Å². The van der Waals surface area contributed by atoms with Crippen molar-refractivity contribution in [1.29, 1.82) is 0 Å². The van der Waals surface area contributed by atoms with Crippen LogP contribution in [-0.4, -0.2) is 21.8 Å². The zero-order chi connectivity index (χ0) is 22.5. The second-order valence-corrected chi connectivity index (χ2v) is 7.95. The number of carbonyl (C=O) groups is 2. The maximum absolute atomic E-state index is 14.9. The maximum Gasteiger partial charge on any atom is 0.335 e. The van der Waals surface area contributed by atoms with E-state index in [2.05, 4.69) is 4.98 Å². The zero-order valence-electron chi connectivity index (χ0n) is 16.4. The molecule has 1 aromatic heterocycles. The highest BCUT2D eigenvalue weighted by Gasteiger charge is 2.43. The third kappa shape index (κ3) is 3.53. The summed E-state index contributed by atoms with van der Waals surface area (Å²) in [5, 5.41) is 9.25. The molecule has 2 N–H and O–H groups in total. The Bertz CT molecular complexity index is 1210. The number of fused-ring (bicyclic) bond motifs is 1. The Hall–Kier alpha value is -3.06. The number of ketones is 1. The Balaban J connectivity index is 2.01. The minimum atomic E-state index is -3.27. The van der Waals surface area contributed by atoms with Crippen molar-refractivity contribution in [3.8, 4) is 11.1 Å². The van der Waals surface area contributed by atoms with Gasteiger partial charge in [0.15, 0.2) is 0 Å². The molecule has 0 unspecified atom stereocenters. The number of nitrogens with one attached hydrogen (secondary N) is 1. The summed E-state index contributed by atoms with van der Waals surface area (Å²) in [6, 6.07) is 7.83. The molecule has 2 aromatic carbocycles. The van der Waals surface area contributed by atoms with Crippen LogP contribution in [0.1, 0.15) is 56.1 Å². The van der Waals surface area contributed by atoms with Crippen molar-refractivity contribution in [2.75, 3.05) is 0 Å². The van der Waals surface area contributed by atoms with Gasteiger partial charge in [-0.3, -0.25) is 4.79 Å². The minimum Gasteiger partial charge on any atom is -0.478 e. The summed E-state index contributed by atoms with van der Waals surface area (Å²) in [7, 11) is 0. The molecule has 3 aromatic rings. The van der Waals surface area contributed by atoms with Gasteiger partial charge >= 0.3 is 5.97 Å². The molecule has 31 heavy (non-hydrogen) atoms. The van der Waals surface area contributed by atoms with Gasteiger partial charge in [-0.2, -0.15) is 0 Å². The van der Waals surface area contributed by atoms with Crippen LogP contribution < -0.4 is 0 Å². The third-order valence-electron chi connectivity index (χ3n) is 5.52. The van der Waals surface area contributed by atoms with E-state index in [9.17, 15) is 22.8 Å². The number of aryl methyl sites for hydroxylation is 2. The predicted octanol–water partition coefficient (Wildman–Crippen LogP) is 6.14. The van der Waals surface area contributed by atoms with E-state index in [4.69, 9.17) is 16.7 Å². The normalized spacial score (nSPS) is 14.9. The van der Waals surface area contributed by atoms with Gasteiger partial charge in [-0.15, -0.1) is 0 Å². The van der Waals surface area contributed by atoms with Crippen molar-refractivity contribution in [1.82, 2.24) is 4.98 Å². The average molecular weight is 448 g/mol. The van der Waals surface area contributed by atoms with Crippen molar-refractivity contribution in [2.45, 2.75) is 32.1 Å². The lowest BCUT2D eigenvalue weighted by atomic mass is 9.86. The molecule has 160 valence electrons. The molecule has 0 saturated heterocycles. The number of carboxylic acids is 1. The van der Waals surface area contributed by atoms with Gasteiger partial charge in [-0.25, -0.2) is 18.0 Å². The van der Waals surface area contributed by atoms with Crippen molar-refractivity contribution >= 4 is 23.4 Å². The van der Waals surface area contributed by atoms with E-state index >= 15 is 0 Å². The largest absolute Gasteiger partial charge is 0.478 e. The number of hydrogen-bond acceptors (Lipinski definition) is 2. The lowest BCUT2D eigenvalue weighted by Gasteiger charge is -2.24. The fourth-order valence-electron chi connectivity index (χ4n) is 4.09. The predicted molar refractivity (Wildman–Crippen MR) is 110 cm³/mol. The van der Waals surface area contributed by atoms with Crippen LogP contribution >= 0.6 is 11.6 Å². The molecular weight excluding hydrogens is 431 g/mol. The van der Waals surface area contributed by atoms with Crippen LogP contribution in [-0.2, 0) is 12.3 Å². The second kappa shape index (κ2) is 7.57. The molecule has 4 rings (SSSR count). The highest BCUT2D eigenvalue weighted by atomic mass is 35.5. The van der Waals surface area contributed by atoms with E-state index in [0.29, 0.717) is 5.56 Å². The van der Waals surface area contributed by atoms with Crippen LogP contribution in [0.5, 0.6) is 0 Å². The Morgan fingerprint density at radius 3 is 2.58 bits per heavy atom. The molecule has 8 heteroatoms. The van der Waals surface area contributed by atoms with Crippen LogP contribution in [0, 0.1) is 12.7 Å². The molecule has 0 spiro atoms. The van der Waals surface area contributed by atoms with E-state index < -0.39 is 35.5 Å². The topological polar surface area (TPSA) is 70.2 Å². The molecule has 0 amide bonds. The first-order valence-corrected chi connectivity index (χ1v) is 9.95. The summed E-state index contributed by atoms with van der Waals surface area (Å²) in [4.78, 5) is 27.4. The highest BCUT2D eigenvalue weighted by molar-refractivity contribution is 6.35. The number of H-pyrrole nitrogens is 1. The minimum absolute atomic E-state index is 0.134. The monoisotopic (exact) mass is 447 g/mol. The summed E-state index contributed by atoms with van der Waals surface area (Å²) in [6.07, 6.45) is 0.0547. The molecule has 0 bridgehead atoms. The number of aromatic carboxylic acids is 1. The van der Waals surface area contributed by atoms with Crippen molar-refractivity contribution in [3.63, 3.8) is 0 Å². The zero-order valence-corrected chi connectivity index (χ0v) is 17.1. The Morgan fingerprint density at radius 2 is 1.94 bits per heavy atom. The summed E-state index contributed by atoms with van der Waals surface area (Å²) in [5.41, 5.74) is -0.609. The van der Waals surface area contributed by atoms with E-state index in [-0.39, 0.29) is 51.5 Å². The lowest BCUT2D eigenvalue weighted by molar-refractivity contribution is -0.0211. The van der Waals surface area contributed by atoms with Gasteiger partial charge in [-0.05, 0) is 43.5 Å². The third-order valence-corrected chi connectivity index (χ3v) is 5.84. The SMILES string of the molecule is Cc1cccc(Cl)c1C(=O)c1[nH]c2c(c1-c1ccc(C(=O)O)cc1F)C(F)(F)CCC2. The Kier molecular flexibility index (Phi) is 5.17. The number of aromatic amines is 1. The van der Waals surface area contributed by atoms with E-state index in [1.165, 1.54) is 6.07 Å². The fourth-order valence-corrected chi connectivity index (χ4v) is 4.40. The lowest BCUT2D eigenvalue weighted by Crippen LogP contribution is -2.20. The second-order valence-electron chi connectivity index (χ2n) is 7.55. The van der Waals surface area contributed by atoms with E-state index in [1.807, 2.05) is 0 Å². The first-order valence-electron chi connectivity index (χ1n) is 9.58. The molecule has 1 heterocycles. The molecule has 0 saturated carbocycles. The van der Waals surface area contributed by atoms with Gasteiger partial charge < -0.3 is 10.1 Å². The summed E-state index contributed by atoms with van der Waals surface area (Å²) in [6.45, 7) is 1.67. The number of carbonyl (C=O) groups excluding carboxylic acids is 1. The first kappa shape index (κ1) is 21.2. The molecule has 4 nitrogen and oxygen atoms in total. The quantitative estimate of drug-likeness (QED) is 0.472. The Morgan fingerprint density at radius 1 is 1.19 bits per heavy atom. The van der Waals surface area contributed by atoms with Crippen molar-refractivity contribution in [3.05, 3.63) is 80.9 Å². The number of rotatable bonds is 4. The number of benzene rings is 2. The summed E-state index contributed by atoms with van der Waals surface area (Å²) >= 11 is 6.22. The van der Waals surface area contributed by atoms with E-state index in [0.717, 1.165) is 18.2 Å². The van der Waals surface area contributed by atoms with E-state index in [1.54, 1.807) is 19.1 Å². The Labute approximate surface area is 180 Å². The molecule has 0 aliphatic heterocycles. The smallest absolute Gasteiger partial charge is 0.335 e. The van der Waals surface area contributed by atoms with Gasteiger partial charge in [0.25, 0.3) is 5.92 Å². The van der Waals surface area contributed by atoms with Crippen molar-refractivity contribution < 1.29 is 27.9 Å². The number of alkyl halides is 2. The highest BCUT2D eigenvalue weighted by Crippen LogP contribution is 2.47. The van der Waals surface area contributed by atoms with Gasteiger partial charge in [0.05, 0.1) is 21.8 Å². The van der Waals surface area contributed by atoms with Crippen molar-refractivity contribution in [2.24, 2.45) is 0 Å². The molecular formula is C23H17ClF3NO3. The maximum atomic E-state index is 14.9. The number of carboxylic acid groups (broad SMARTS) is 1. The molecule has 0 fully saturated rings. The van der Waals surface area contributed by atoms with Gasteiger partial charge in [0.1, 0.15) is 5.82 Å². The number of aromatic nitrogens is 1. The average Bonchev–Trinajstić information content (AvgIpc) is 3.08. The fraction of sp³-hybridized carbons (Fsp3) is 0.217. The molecule has 0 atom stereocenters. The van der Waals surface area contributed by atoms with Gasteiger partial charge in [0, 0.05) is 28.8 Å². The standard InChI is InChI=1S/C23H17ClF3NO3/c1-11-4-2-5-14(24)17(11)21(29)20-18(13-8-7-12(22(30)31)10-15(13)25)19-16(28-20)6-3-9-23(19,26)27/h2,4-5,7-8,10,28H,3,6,9H2,1H3,(H,30,31). The number of hydrogen-bond donors (Lipinski definition) is 2. The first-order chi connectivity index (χ1) is 14.6. The van der Waals surface area contributed by atoms with Gasteiger partial charge in [-0.1, -0.05) is 29.8 Å². The van der Waals surface area contributed by atoms with Crippen LogP contribution in [0.2, 0.25) is 5.02 Å². The van der Waals surface area contributed by atoms with Crippen LogP contribution in [0.3, 0.4) is 0 Å². The molecule has 0 radical (unpaired) electrons.